The Morgan fingerprint density at radius 1 is 0.875 bits per heavy atom. The Kier molecular flexibility index (Phi) is 8.53. The molecular formula is C21H31N3. The minimum absolute atomic E-state index is 0.398. The first-order chi connectivity index (χ1) is 11.8. The van der Waals surface area contributed by atoms with Crippen LogP contribution >= 0.6 is 0 Å². The Bertz CT molecular complexity index is 502. The predicted molar refractivity (Wildman–Crippen MR) is 103 cm³/mol. The molecule has 0 saturated heterocycles. The molecule has 0 aliphatic rings. The van der Waals surface area contributed by atoms with Crippen LogP contribution in [0.4, 0.5) is 0 Å². The smallest absolute Gasteiger partial charge is 0.0214 e. The monoisotopic (exact) mass is 325 g/mol. The molecule has 0 fully saturated rings. The molecule has 2 aromatic carbocycles. The summed E-state index contributed by atoms with van der Waals surface area (Å²) in [6, 6.07) is 21.5. The first-order valence-corrected chi connectivity index (χ1v) is 9.00. The fraction of sp³-hybridized carbons (Fsp3) is 0.429. The summed E-state index contributed by atoms with van der Waals surface area (Å²) in [4.78, 5) is 2.38. The minimum Gasteiger partial charge on any atom is -0.330 e. The standard InChI is InChI=1S/C21H31N3/c1-24(16-9-8-14-22)17-15-23-18-21(19-10-4-2-5-11-19)20-12-6-3-7-13-20/h2-7,10-13,21,23H,8-9,14-18,22H2,1H3. The number of nitrogens with two attached hydrogens (primary N) is 1. The fourth-order valence-electron chi connectivity index (χ4n) is 2.95. The van der Waals surface area contributed by atoms with E-state index in [0.717, 1.165) is 39.1 Å². The van der Waals surface area contributed by atoms with Gasteiger partial charge in [0.25, 0.3) is 0 Å². The van der Waals surface area contributed by atoms with Gasteiger partial charge in [-0.15, -0.1) is 0 Å². The van der Waals surface area contributed by atoms with Crippen molar-refractivity contribution < 1.29 is 0 Å². The molecule has 0 unspecified atom stereocenters. The van der Waals surface area contributed by atoms with E-state index in [4.69, 9.17) is 5.73 Å². The second-order valence-electron chi connectivity index (χ2n) is 6.38. The quantitative estimate of drug-likeness (QED) is 0.624. The first kappa shape index (κ1) is 18.7. The Morgan fingerprint density at radius 2 is 1.46 bits per heavy atom. The number of unbranched alkanes of at least 4 members (excludes halogenated alkanes) is 1. The van der Waals surface area contributed by atoms with Crippen LogP contribution in [0, 0.1) is 0 Å². The molecule has 0 aliphatic carbocycles. The van der Waals surface area contributed by atoms with Crippen molar-refractivity contribution in [3.8, 4) is 0 Å². The summed E-state index contributed by atoms with van der Waals surface area (Å²) in [5.41, 5.74) is 8.29. The number of rotatable bonds is 11. The second-order valence-corrected chi connectivity index (χ2v) is 6.38. The van der Waals surface area contributed by atoms with E-state index in [2.05, 4.69) is 77.9 Å². The highest BCUT2D eigenvalue weighted by Crippen LogP contribution is 2.23. The molecule has 0 aliphatic heterocycles. The summed E-state index contributed by atoms with van der Waals surface area (Å²) >= 11 is 0. The van der Waals surface area contributed by atoms with Crippen LogP contribution in [0.15, 0.2) is 60.7 Å². The number of hydrogen-bond donors (Lipinski definition) is 2. The molecule has 2 rings (SSSR count). The fourth-order valence-corrected chi connectivity index (χ4v) is 2.95. The lowest BCUT2D eigenvalue weighted by Gasteiger charge is -2.21. The van der Waals surface area contributed by atoms with E-state index in [1.54, 1.807) is 0 Å². The van der Waals surface area contributed by atoms with Crippen LogP contribution in [0.2, 0.25) is 0 Å². The van der Waals surface area contributed by atoms with Crippen molar-refractivity contribution in [1.82, 2.24) is 10.2 Å². The second kappa shape index (κ2) is 11.0. The lowest BCUT2D eigenvalue weighted by molar-refractivity contribution is 0.324. The van der Waals surface area contributed by atoms with Gasteiger partial charge in [0, 0.05) is 25.6 Å². The van der Waals surface area contributed by atoms with Gasteiger partial charge in [-0.25, -0.2) is 0 Å². The molecule has 0 atom stereocenters. The maximum Gasteiger partial charge on any atom is 0.0214 e. The van der Waals surface area contributed by atoms with Gasteiger partial charge in [-0.3, -0.25) is 0 Å². The van der Waals surface area contributed by atoms with Gasteiger partial charge in [0.2, 0.25) is 0 Å². The highest BCUT2D eigenvalue weighted by Gasteiger charge is 2.13. The van der Waals surface area contributed by atoms with Gasteiger partial charge in [-0.1, -0.05) is 60.7 Å². The summed E-state index contributed by atoms with van der Waals surface area (Å²) in [5, 5.41) is 3.64. The van der Waals surface area contributed by atoms with Crippen LogP contribution in [0.3, 0.4) is 0 Å². The van der Waals surface area contributed by atoms with E-state index in [-0.39, 0.29) is 0 Å². The zero-order valence-electron chi connectivity index (χ0n) is 14.8. The normalized spacial score (nSPS) is 11.3. The SMILES string of the molecule is CN(CCCCN)CCNCC(c1ccccc1)c1ccccc1. The molecule has 3 nitrogen and oxygen atoms in total. The van der Waals surface area contributed by atoms with Crippen LogP contribution in [0.1, 0.15) is 29.9 Å². The number of benzene rings is 2. The van der Waals surface area contributed by atoms with E-state index in [9.17, 15) is 0 Å². The summed E-state index contributed by atoms with van der Waals surface area (Å²) in [6.45, 7) is 4.96. The molecule has 0 heterocycles. The third-order valence-electron chi connectivity index (χ3n) is 4.42. The molecule has 0 spiro atoms. The van der Waals surface area contributed by atoms with Crippen molar-refractivity contribution in [2.75, 3.05) is 39.8 Å². The third-order valence-corrected chi connectivity index (χ3v) is 4.42. The van der Waals surface area contributed by atoms with Crippen LogP contribution < -0.4 is 11.1 Å². The van der Waals surface area contributed by atoms with E-state index >= 15 is 0 Å². The first-order valence-electron chi connectivity index (χ1n) is 9.00. The van der Waals surface area contributed by atoms with Crippen molar-refractivity contribution in [2.45, 2.75) is 18.8 Å². The molecule has 130 valence electrons. The van der Waals surface area contributed by atoms with E-state index in [1.807, 2.05) is 0 Å². The molecular weight excluding hydrogens is 294 g/mol. The average molecular weight is 326 g/mol. The summed E-state index contributed by atoms with van der Waals surface area (Å²) in [6.07, 6.45) is 2.30. The average Bonchev–Trinajstić information content (AvgIpc) is 2.63. The molecule has 0 radical (unpaired) electrons. The minimum atomic E-state index is 0.398. The molecule has 0 amide bonds. The molecule has 2 aromatic rings. The number of likely N-dealkylation sites (N-methyl/N-ethyl adjacent to an activating group) is 1. The van der Waals surface area contributed by atoms with E-state index in [1.165, 1.54) is 17.5 Å². The van der Waals surface area contributed by atoms with Crippen molar-refractivity contribution >= 4 is 0 Å². The van der Waals surface area contributed by atoms with Crippen LogP contribution in [0.5, 0.6) is 0 Å². The van der Waals surface area contributed by atoms with Gasteiger partial charge >= 0.3 is 0 Å². The molecule has 24 heavy (non-hydrogen) atoms. The Labute approximate surface area is 146 Å². The molecule has 0 aromatic heterocycles. The lowest BCUT2D eigenvalue weighted by atomic mass is 9.91. The maximum absolute atomic E-state index is 5.55. The van der Waals surface area contributed by atoms with Crippen LogP contribution in [0.25, 0.3) is 0 Å². The third kappa shape index (κ3) is 6.44. The Morgan fingerprint density at radius 3 is 2.00 bits per heavy atom. The molecule has 0 saturated carbocycles. The summed E-state index contributed by atoms with van der Waals surface area (Å²) in [5.74, 6) is 0.398. The number of nitrogens with zero attached hydrogens (tertiary/aromatic N) is 1. The Balaban J connectivity index is 1.84. The van der Waals surface area contributed by atoms with Gasteiger partial charge in [-0.2, -0.15) is 0 Å². The summed E-state index contributed by atoms with van der Waals surface area (Å²) in [7, 11) is 2.18. The van der Waals surface area contributed by atoms with Crippen molar-refractivity contribution in [3.63, 3.8) is 0 Å². The number of nitrogens with one attached hydrogen (secondary N) is 1. The van der Waals surface area contributed by atoms with Crippen LogP contribution in [-0.4, -0.2) is 44.7 Å². The largest absolute Gasteiger partial charge is 0.330 e. The van der Waals surface area contributed by atoms with E-state index < -0.39 is 0 Å². The van der Waals surface area contributed by atoms with E-state index in [0.29, 0.717) is 5.92 Å². The molecule has 3 N–H and O–H groups in total. The Hall–Kier alpha value is -1.68. The highest BCUT2D eigenvalue weighted by molar-refractivity contribution is 5.32. The number of hydrogen-bond acceptors (Lipinski definition) is 3. The predicted octanol–water partition coefficient (Wildman–Crippen LogP) is 3.08. The highest BCUT2D eigenvalue weighted by atomic mass is 15.1. The van der Waals surface area contributed by atoms with Gasteiger partial charge in [0.05, 0.1) is 0 Å². The van der Waals surface area contributed by atoms with Gasteiger partial charge in [-0.05, 0) is 44.1 Å². The van der Waals surface area contributed by atoms with Crippen LogP contribution in [-0.2, 0) is 0 Å². The van der Waals surface area contributed by atoms with Gasteiger partial charge in [0.15, 0.2) is 0 Å². The van der Waals surface area contributed by atoms with Crippen molar-refractivity contribution in [2.24, 2.45) is 5.73 Å². The van der Waals surface area contributed by atoms with Crippen molar-refractivity contribution in [3.05, 3.63) is 71.8 Å². The molecule has 0 bridgehead atoms. The molecule has 3 heteroatoms. The topological polar surface area (TPSA) is 41.3 Å². The van der Waals surface area contributed by atoms with Gasteiger partial charge in [0.1, 0.15) is 0 Å². The zero-order chi connectivity index (χ0) is 17.0. The van der Waals surface area contributed by atoms with Crippen molar-refractivity contribution in [1.29, 1.82) is 0 Å². The van der Waals surface area contributed by atoms with Gasteiger partial charge < -0.3 is 16.0 Å². The maximum atomic E-state index is 5.55. The zero-order valence-corrected chi connectivity index (χ0v) is 14.8. The summed E-state index contributed by atoms with van der Waals surface area (Å²) < 4.78 is 0. The lowest BCUT2D eigenvalue weighted by Crippen LogP contribution is -2.32.